The Balaban J connectivity index is 2.41. The topological polar surface area (TPSA) is 26.0 Å². The molecule has 1 nitrogen and oxygen atoms in total. The Morgan fingerprint density at radius 1 is 1.24 bits per heavy atom. The van der Waals surface area contributed by atoms with Gasteiger partial charge in [0.2, 0.25) is 0 Å². The fraction of sp³-hybridized carbons (Fsp3) is 0.600. The van der Waals surface area contributed by atoms with Gasteiger partial charge in [-0.1, -0.05) is 37.5 Å². The number of halogens is 1. The Morgan fingerprint density at radius 3 is 2.53 bits per heavy atom. The van der Waals surface area contributed by atoms with Crippen LogP contribution in [-0.2, 0) is 12.1 Å². The minimum absolute atomic E-state index is 0.105. The van der Waals surface area contributed by atoms with Crippen LogP contribution in [0.1, 0.15) is 48.8 Å². The summed E-state index contributed by atoms with van der Waals surface area (Å²) in [6.45, 7) is 2.42. The Morgan fingerprint density at radius 2 is 1.94 bits per heavy atom. The zero-order valence-electron chi connectivity index (χ0n) is 10.6. The smallest absolute Gasteiger partial charge is 0.115 e. The largest absolute Gasteiger partial charge is 0.330 e. The van der Waals surface area contributed by atoms with Crippen LogP contribution < -0.4 is 5.73 Å². The van der Waals surface area contributed by atoms with Crippen molar-refractivity contribution in [1.29, 1.82) is 0 Å². The minimum atomic E-state index is -0.381. The van der Waals surface area contributed by atoms with Crippen molar-refractivity contribution < 1.29 is 4.39 Å². The first-order chi connectivity index (χ1) is 8.22. The van der Waals surface area contributed by atoms with E-state index in [1.54, 1.807) is 0 Å². The van der Waals surface area contributed by atoms with E-state index < -0.39 is 0 Å². The lowest BCUT2D eigenvalue weighted by Gasteiger charge is -2.38. The Bertz CT molecular complexity index is 381. The average Bonchev–Trinajstić information content (AvgIpc) is 2.40. The first-order valence-electron chi connectivity index (χ1n) is 6.58. The fourth-order valence-electron chi connectivity index (χ4n) is 3.14. The van der Waals surface area contributed by atoms with E-state index in [9.17, 15) is 4.39 Å². The number of benzene rings is 1. The van der Waals surface area contributed by atoms with E-state index in [4.69, 9.17) is 5.73 Å². The third kappa shape index (κ3) is 2.37. The number of hydrogen-bond donors (Lipinski definition) is 1. The number of hydrogen-bond acceptors (Lipinski definition) is 1. The molecule has 1 saturated carbocycles. The van der Waals surface area contributed by atoms with Crippen molar-refractivity contribution in [3.63, 3.8) is 0 Å². The van der Waals surface area contributed by atoms with Crippen molar-refractivity contribution in [2.24, 2.45) is 5.73 Å². The van der Waals surface area contributed by atoms with Gasteiger partial charge in [-0.2, -0.15) is 0 Å². The third-order valence-corrected chi connectivity index (χ3v) is 4.23. The Kier molecular flexibility index (Phi) is 3.82. The monoisotopic (exact) mass is 235 g/mol. The second-order valence-corrected chi connectivity index (χ2v) is 5.33. The molecule has 0 radical (unpaired) electrons. The third-order valence-electron chi connectivity index (χ3n) is 4.23. The van der Waals surface area contributed by atoms with Gasteiger partial charge < -0.3 is 5.73 Å². The molecule has 17 heavy (non-hydrogen) atoms. The predicted octanol–water partition coefficient (Wildman–Crippen LogP) is 3.63. The maximum atomic E-state index is 12.8. The molecule has 0 heterocycles. The van der Waals surface area contributed by atoms with Crippen LogP contribution in [0.3, 0.4) is 0 Å². The van der Waals surface area contributed by atoms with Gasteiger partial charge in [-0.25, -0.2) is 4.39 Å². The lowest BCUT2D eigenvalue weighted by molar-refractivity contribution is 0.299. The summed E-state index contributed by atoms with van der Waals surface area (Å²) in [5, 5.41) is 0. The second kappa shape index (κ2) is 5.18. The number of rotatable bonds is 3. The molecule has 2 heteroatoms. The Hall–Kier alpha value is -0.890. The molecule has 1 aliphatic carbocycles. The molecule has 0 amide bonds. The summed E-state index contributed by atoms with van der Waals surface area (Å²) in [4.78, 5) is 0. The van der Waals surface area contributed by atoms with E-state index in [2.05, 4.69) is 6.92 Å². The van der Waals surface area contributed by atoms with E-state index in [0.717, 1.165) is 18.4 Å². The van der Waals surface area contributed by atoms with Crippen LogP contribution in [0.4, 0.5) is 4.39 Å². The van der Waals surface area contributed by atoms with Crippen LogP contribution in [0, 0.1) is 6.92 Å². The number of alkyl halides is 1. The second-order valence-electron chi connectivity index (χ2n) is 5.33. The summed E-state index contributed by atoms with van der Waals surface area (Å²) in [6.07, 6.45) is 6.11. The van der Waals surface area contributed by atoms with Crippen LogP contribution in [0.5, 0.6) is 0 Å². The summed E-state index contributed by atoms with van der Waals surface area (Å²) in [5.41, 5.74) is 9.47. The van der Waals surface area contributed by atoms with Crippen molar-refractivity contribution in [2.75, 3.05) is 6.54 Å². The molecule has 2 rings (SSSR count). The molecule has 0 atom stereocenters. The SMILES string of the molecule is Cc1ccc(CF)cc1C1(CN)CCCCC1. The standard InChI is InChI=1S/C15H22FN/c1-12-5-6-13(10-16)9-14(12)15(11-17)7-3-2-4-8-15/h5-6,9H,2-4,7-8,10-11,17H2,1H3. The molecular weight excluding hydrogens is 213 g/mol. The molecule has 0 unspecified atom stereocenters. The molecule has 1 aromatic carbocycles. The van der Waals surface area contributed by atoms with Crippen molar-refractivity contribution in [3.8, 4) is 0 Å². The summed E-state index contributed by atoms with van der Waals surface area (Å²) in [7, 11) is 0. The Labute approximate surface area is 103 Å². The van der Waals surface area contributed by atoms with Gasteiger partial charge in [-0.05, 0) is 36.5 Å². The summed E-state index contributed by atoms with van der Waals surface area (Å²) < 4.78 is 12.8. The van der Waals surface area contributed by atoms with Crippen LogP contribution in [0.25, 0.3) is 0 Å². The van der Waals surface area contributed by atoms with Gasteiger partial charge in [0, 0.05) is 12.0 Å². The molecule has 0 bridgehead atoms. The lowest BCUT2D eigenvalue weighted by Crippen LogP contribution is -2.37. The lowest BCUT2D eigenvalue weighted by atomic mass is 9.68. The van der Waals surface area contributed by atoms with Gasteiger partial charge in [-0.15, -0.1) is 0 Å². The summed E-state index contributed by atoms with van der Waals surface area (Å²) in [5.74, 6) is 0. The van der Waals surface area contributed by atoms with Gasteiger partial charge in [0.25, 0.3) is 0 Å². The molecule has 1 aromatic rings. The van der Waals surface area contributed by atoms with Gasteiger partial charge >= 0.3 is 0 Å². The summed E-state index contributed by atoms with van der Waals surface area (Å²) in [6, 6.07) is 5.95. The normalized spacial score (nSPS) is 19.2. The van der Waals surface area contributed by atoms with E-state index in [0.29, 0.717) is 6.54 Å². The first-order valence-corrected chi connectivity index (χ1v) is 6.58. The fourth-order valence-corrected chi connectivity index (χ4v) is 3.14. The molecule has 0 aromatic heterocycles. The van der Waals surface area contributed by atoms with E-state index in [1.807, 2.05) is 18.2 Å². The molecule has 0 saturated heterocycles. The molecule has 1 fully saturated rings. The van der Waals surface area contributed by atoms with Crippen molar-refractivity contribution in [1.82, 2.24) is 0 Å². The zero-order chi connectivity index (χ0) is 12.3. The highest BCUT2D eigenvalue weighted by Crippen LogP contribution is 2.40. The number of aryl methyl sites for hydroxylation is 1. The quantitative estimate of drug-likeness (QED) is 0.850. The molecule has 1 aliphatic rings. The first kappa shape index (κ1) is 12.6. The van der Waals surface area contributed by atoms with E-state index in [1.165, 1.54) is 30.4 Å². The van der Waals surface area contributed by atoms with Crippen LogP contribution >= 0.6 is 0 Å². The molecule has 2 N–H and O–H groups in total. The maximum Gasteiger partial charge on any atom is 0.115 e. The highest BCUT2D eigenvalue weighted by Gasteiger charge is 2.33. The highest BCUT2D eigenvalue weighted by atomic mass is 19.1. The van der Waals surface area contributed by atoms with E-state index in [-0.39, 0.29) is 12.1 Å². The summed E-state index contributed by atoms with van der Waals surface area (Å²) >= 11 is 0. The van der Waals surface area contributed by atoms with Gasteiger partial charge in [0.15, 0.2) is 0 Å². The number of nitrogens with two attached hydrogens (primary N) is 1. The highest BCUT2D eigenvalue weighted by molar-refractivity contribution is 5.37. The van der Waals surface area contributed by atoms with Crippen LogP contribution in [-0.4, -0.2) is 6.54 Å². The maximum absolute atomic E-state index is 12.8. The van der Waals surface area contributed by atoms with Gasteiger partial charge in [-0.3, -0.25) is 0 Å². The molecule has 0 spiro atoms. The zero-order valence-corrected chi connectivity index (χ0v) is 10.6. The van der Waals surface area contributed by atoms with Gasteiger partial charge in [0.05, 0.1) is 0 Å². The van der Waals surface area contributed by atoms with Crippen molar-refractivity contribution in [3.05, 3.63) is 34.9 Å². The van der Waals surface area contributed by atoms with Crippen molar-refractivity contribution in [2.45, 2.75) is 51.1 Å². The molecular formula is C15H22FN. The van der Waals surface area contributed by atoms with E-state index >= 15 is 0 Å². The average molecular weight is 235 g/mol. The van der Waals surface area contributed by atoms with Crippen molar-refractivity contribution >= 4 is 0 Å². The predicted molar refractivity (Wildman–Crippen MR) is 69.8 cm³/mol. The molecule has 94 valence electrons. The van der Waals surface area contributed by atoms with Gasteiger partial charge in [0.1, 0.15) is 6.67 Å². The molecule has 0 aliphatic heterocycles. The van der Waals surface area contributed by atoms with Crippen LogP contribution in [0.15, 0.2) is 18.2 Å². The van der Waals surface area contributed by atoms with Crippen LogP contribution in [0.2, 0.25) is 0 Å². The minimum Gasteiger partial charge on any atom is -0.330 e.